The SMILES string of the molecule is Cc1ccc2c(CCCN3CCNCC3)cn(C)c2c1. The van der Waals surface area contributed by atoms with Crippen LogP contribution in [0.3, 0.4) is 0 Å². The lowest BCUT2D eigenvalue weighted by molar-refractivity contribution is 0.238. The van der Waals surface area contributed by atoms with Gasteiger partial charge in [-0.25, -0.2) is 0 Å². The molecule has 1 N–H and O–H groups in total. The van der Waals surface area contributed by atoms with Crippen molar-refractivity contribution in [2.45, 2.75) is 19.8 Å². The Labute approximate surface area is 121 Å². The number of hydrogen-bond donors (Lipinski definition) is 1. The molecule has 1 aromatic carbocycles. The van der Waals surface area contributed by atoms with Gasteiger partial charge in [0, 0.05) is 50.3 Å². The molecule has 0 atom stereocenters. The summed E-state index contributed by atoms with van der Waals surface area (Å²) < 4.78 is 2.27. The average molecular weight is 271 g/mol. The van der Waals surface area contributed by atoms with Gasteiger partial charge in [0.1, 0.15) is 0 Å². The van der Waals surface area contributed by atoms with Crippen molar-refractivity contribution < 1.29 is 0 Å². The van der Waals surface area contributed by atoms with Crippen molar-refractivity contribution in [2.24, 2.45) is 7.05 Å². The van der Waals surface area contributed by atoms with E-state index in [1.54, 1.807) is 0 Å². The van der Waals surface area contributed by atoms with E-state index in [9.17, 15) is 0 Å². The van der Waals surface area contributed by atoms with Crippen LogP contribution in [-0.2, 0) is 13.5 Å². The summed E-state index contributed by atoms with van der Waals surface area (Å²) >= 11 is 0. The first kappa shape index (κ1) is 13.7. The Kier molecular flexibility index (Phi) is 4.08. The van der Waals surface area contributed by atoms with Gasteiger partial charge in [-0.05, 0) is 43.5 Å². The van der Waals surface area contributed by atoms with E-state index in [4.69, 9.17) is 0 Å². The number of aromatic nitrogens is 1. The second-order valence-electron chi connectivity index (χ2n) is 5.98. The largest absolute Gasteiger partial charge is 0.350 e. The molecule has 108 valence electrons. The lowest BCUT2D eigenvalue weighted by atomic mass is 10.1. The van der Waals surface area contributed by atoms with E-state index in [-0.39, 0.29) is 0 Å². The molecule has 3 rings (SSSR count). The highest BCUT2D eigenvalue weighted by atomic mass is 15.2. The van der Waals surface area contributed by atoms with Crippen molar-refractivity contribution in [3.05, 3.63) is 35.5 Å². The van der Waals surface area contributed by atoms with E-state index < -0.39 is 0 Å². The van der Waals surface area contributed by atoms with Gasteiger partial charge in [-0.15, -0.1) is 0 Å². The Morgan fingerprint density at radius 1 is 1.20 bits per heavy atom. The molecule has 1 fully saturated rings. The fourth-order valence-electron chi connectivity index (χ4n) is 3.20. The van der Waals surface area contributed by atoms with Gasteiger partial charge >= 0.3 is 0 Å². The van der Waals surface area contributed by atoms with Crippen LogP contribution < -0.4 is 5.32 Å². The molecule has 2 heterocycles. The minimum absolute atomic E-state index is 1.15. The minimum atomic E-state index is 1.15. The molecule has 1 aliphatic rings. The van der Waals surface area contributed by atoms with Crippen molar-refractivity contribution in [3.63, 3.8) is 0 Å². The number of benzene rings is 1. The van der Waals surface area contributed by atoms with Crippen molar-refractivity contribution in [3.8, 4) is 0 Å². The Balaban J connectivity index is 1.65. The molecule has 1 aliphatic heterocycles. The average Bonchev–Trinajstić information content (AvgIpc) is 2.76. The Bertz CT molecular complexity index is 579. The molecule has 2 aromatic rings. The maximum absolute atomic E-state index is 3.41. The zero-order valence-corrected chi connectivity index (χ0v) is 12.7. The first-order chi connectivity index (χ1) is 9.74. The topological polar surface area (TPSA) is 20.2 Å². The van der Waals surface area contributed by atoms with E-state index in [2.05, 4.69) is 53.2 Å². The fourth-order valence-corrected chi connectivity index (χ4v) is 3.20. The van der Waals surface area contributed by atoms with Crippen LogP contribution in [0.15, 0.2) is 24.4 Å². The van der Waals surface area contributed by atoms with Crippen molar-refractivity contribution >= 4 is 10.9 Å². The van der Waals surface area contributed by atoms with Gasteiger partial charge in [0.15, 0.2) is 0 Å². The Hall–Kier alpha value is -1.32. The van der Waals surface area contributed by atoms with Gasteiger partial charge in [-0.2, -0.15) is 0 Å². The molecule has 0 spiro atoms. The van der Waals surface area contributed by atoms with Crippen LogP contribution in [-0.4, -0.2) is 42.2 Å². The van der Waals surface area contributed by atoms with Crippen molar-refractivity contribution in [1.82, 2.24) is 14.8 Å². The number of aryl methyl sites for hydroxylation is 3. The molecule has 20 heavy (non-hydrogen) atoms. The molecule has 0 amide bonds. The molecule has 3 nitrogen and oxygen atoms in total. The summed E-state index contributed by atoms with van der Waals surface area (Å²) in [6, 6.07) is 6.79. The number of fused-ring (bicyclic) bond motifs is 1. The molecule has 0 saturated carbocycles. The Morgan fingerprint density at radius 2 is 2.00 bits per heavy atom. The van der Waals surface area contributed by atoms with Crippen LogP contribution in [0.25, 0.3) is 10.9 Å². The molecule has 1 saturated heterocycles. The number of rotatable bonds is 4. The molecule has 0 unspecified atom stereocenters. The summed E-state index contributed by atoms with van der Waals surface area (Å²) in [5.41, 5.74) is 4.20. The maximum atomic E-state index is 3.41. The van der Waals surface area contributed by atoms with Crippen LogP contribution in [0.2, 0.25) is 0 Å². The zero-order chi connectivity index (χ0) is 13.9. The third-order valence-electron chi connectivity index (χ3n) is 4.36. The predicted octanol–water partition coefficient (Wildman–Crippen LogP) is 2.32. The summed E-state index contributed by atoms with van der Waals surface area (Å²) in [7, 11) is 2.15. The van der Waals surface area contributed by atoms with Gasteiger partial charge < -0.3 is 14.8 Å². The summed E-state index contributed by atoms with van der Waals surface area (Å²) in [6.07, 6.45) is 4.75. The zero-order valence-electron chi connectivity index (χ0n) is 12.7. The van der Waals surface area contributed by atoms with Gasteiger partial charge in [0.25, 0.3) is 0 Å². The second kappa shape index (κ2) is 5.98. The standard InChI is InChI=1S/C17H25N3/c1-14-5-6-16-15(13-19(2)17(16)12-14)4-3-9-20-10-7-18-8-11-20/h5-6,12-13,18H,3-4,7-11H2,1-2H3. The predicted molar refractivity (Wildman–Crippen MR) is 85.3 cm³/mol. The van der Waals surface area contributed by atoms with Crippen molar-refractivity contribution in [2.75, 3.05) is 32.7 Å². The smallest absolute Gasteiger partial charge is 0.0483 e. The summed E-state index contributed by atoms with van der Waals surface area (Å²) in [5, 5.41) is 4.84. The monoisotopic (exact) mass is 271 g/mol. The van der Waals surface area contributed by atoms with Gasteiger partial charge in [0.2, 0.25) is 0 Å². The fraction of sp³-hybridized carbons (Fsp3) is 0.529. The van der Waals surface area contributed by atoms with Crippen LogP contribution >= 0.6 is 0 Å². The first-order valence-electron chi connectivity index (χ1n) is 7.72. The minimum Gasteiger partial charge on any atom is -0.350 e. The normalized spacial score (nSPS) is 16.9. The molecular formula is C17H25N3. The Morgan fingerprint density at radius 3 is 2.80 bits per heavy atom. The first-order valence-corrected chi connectivity index (χ1v) is 7.72. The van der Waals surface area contributed by atoms with E-state index in [1.807, 2.05) is 0 Å². The van der Waals surface area contributed by atoms with E-state index >= 15 is 0 Å². The summed E-state index contributed by atoms with van der Waals surface area (Å²) in [6.45, 7) is 8.09. The third-order valence-corrected chi connectivity index (χ3v) is 4.36. The molecule has 3 heteroatoms. The van der Waals surface area contributed by atoms with Gasteiger partial charge in [-0.1, -0.05) is 12.1 Å². The van der Waals surface area contributed by atoms with E-state index in [0.717, 1.165) is 13.1 Å². The van der Waals surface area contributed by atoms with Gasteiger partial charge in [-0.3, -0.25) is 0 Å². The lowest BCUT2D eigenvalue weighted by Crippen LogP contribution is -2.43. The van der Waals surface area contributed by atoms with Crippen molar-refractivity contribution in [1.29, 1.82) is 0 Å². The third kappa shape index (κ3) is 2.89. The number of nitrogens with one attached hydrogen (secondary N) is 1. The summed E-state index contributed by atoms with van der Waals surface area (Å²) in [4.78, 5) is 2.58. The number of piperazine rings is 1. The highest BCUT2D eigenvalue weighted by Crippen LogP contribution is 2.23. The highest BCUT2D eigenvalue weighted by Gasteiger charge is 2.10. The van der Waals surface area contributed by atoms with Crippen LogP contribution in [0, 0.1) is 6.92 Å². The highest BCUT2D eigenvalue weighted by molar-refractivity contribution is 5.84. The van der Waals surface area contributed by atoms with Crippen LogP contribution in [0.5, 0.6) is 0 Å². The number of nitrogens with zero attached hydrogens (tertiary/aromatic N) is 2. The van der Waals surface area contributed by atoms with E-state index in [1.165, 1.54) is 54.5 Å². The van der Waals surface area contributed by atoms with E-state index in [0.29, 0.717) is 0 Å². The molecule has 0 bridgehead atoms. The molecular weight excluding hydrogens is 246 g/mol. The molecule has 0 radical (unpaired) electrons. The maximum Gasteiger partial charge on any atom is 0.0483 e. The second-order valence-corrected chi connectivity index (χ2v) is 5.98. The number of hydrogen-bond acceptors (Lipinski definition) is 2. The quantitative estimate of drug-likeness (QED) is 0.921. The van der Waals surface area contributed by atoms with Crippen LogP contribution in [0.4, 0.5) is 0 Å². The summed E-state index contributed by atoms with van der Waals surface area (Å²) in [5.74, 6) is 0. The molecule has 0 aliphatic carbocycles. The van der Waals surface area contributed by atoms with Gasteiger partial charge in [0.05, 0.1) is 0 Å². The molecule has 1 aromatic heterocycles. The van der Waals surface area contributed by atoms with Crippen LogP contribution in [0.1, 0.15) is 17.5 Å². The lowest BCUT2D eigenvalue weighted by Gasteiger charge is -2.26.